The van der Waals surface area contributed by atoms with Crippen molar-refractivity contribution in [3.05, 3.63) is 0 Å². The van der Waals surface area contributed by atoms with Crippen LogP contribution in [0.25, 0.3) is 0 Å². The van der Waals surface area contributed by atoms with Crippen LogP contribution in [0.3, 0.4) is 0 Å². The second kappa shape index (κ2) is 31.9. The minimum Gasteiger partial charge on any atom is -0.395 e. The molecular weight excluding hydrogens is 563 g/mol. The zero-order chi connectivity index (χ0) is 26.2. The van der Waals surface area contributed by atoms with Crippen LogP contribution in [0.5, 0.6) is 0 Å². The van der Waals surface area contributed by atoms with E-state index in [2.05, 4.69) is 37.5 Å². The summed E-state index contributed by atoms with van der Waals surface area (Å²) in [5, 5.41) is 51.8. The van der Waals surface area contributed by atoms with Gasteiger partial charge < -0.3 is 40.4 Å². The fourth-order valence-corrected chi connectivity index (χ4v) is 4.23. The van der Waals surface area contributed by atoms with Crippen LogP contribution in [0.2, 0.25) is 0 Å². The van der Waals surface area contributed by atoms with Gasteiger partial charge in [-0.2, -0.15) is 0 Å². The van der Waals surface area contributed by atoms with E-state index in [9.17, 15) is 0 Å². The molecule has 0 amide bonds. The Bertz CT molecular complexity index is 357. The standard InChI is InChI=1S/2C7H14O2.2C6H15NO.2Cu/c2*8-7(9)6-4-2-1-3-5-6;2*1-3-7(4-2)5-6-8;;/h2*6-9H,1-5H2;2*8H,3-6H2,1-2H3;;/q;;;;2*+1. The van der Waals surface area contributed by atoms with Crippen molar-refractivity contribution in [1.29, 1.82) is 0 Å². The number of rotatable bonds is 10. The Morgan fingerprint density at radius 3 is 0.889 bits per heavy atom. The molecule has 2 fully saturated rings. The van der Waals surface area contributed by atoms with Crippen molar-refractivity contribution in [2.24, 2.45) is 11.8 Å². The molecule has 0 unspecified atom stereocenters. The first kappa shape index (κ1) is 43.8. The molecule has 6 N–H and O–H groups in total. The van der Waals surface area contributed by atoms with Crippen molar-refractivity contribution in [1.82, 2.24) is 9.80 Å². The first-order valence-corrected chi connectivity index (χ1v) is 13.7. The van der Waals surface area contributed by atoms with Crippen molar-refractivity contribution in [3.8, 4) is 0 Å². The van der Waals surface area contributed by atoms with Crippen LogP contribution >= 0.6 is 0 Å². The first-order chi connectivity index (χ1) is 16.3. The maximum Gasteiger partial charge on any atom is 1.00 e. The summed E-state index contributed by atoms with van der Waals surface area (Å²) in [5.74, 6) is 0.331. The number of hydrogen-bond acceptors (Lipinski definition) is 8. The average Bonchev–Trinajstić information content (AvgIpc) is 2.88. The SMILES string of the molecule is CCN(CC)CCO.CCN(CC)CCO.OC(O)C1CCCCC1.OC(O)C1CCCCC1.[Cu+].[Cu+]. The zero-order valence-electron chi connectivity index (χ0n) is 23.2. The Morgan fingerprint density at radius 2 is 0.778 bits per heavy atom. The second-order valence-electron chi connectivity index (χ2n) is 9.12. The van der Waals surface area contributed by atoms with E-state index in [1.54, 1.807) is 0 Å². The Balaban J connectivity index is -0.000000187. The van der Waals surface area contributed by atoms with Gasteiger partial charge in [-0.25, -0.2) is 0 Å². The molecule has 0 aromatic rings. The fraction of sp³-hybridized carbons (Fsp3) is 1.00. The third-order valence-corrected chi connectivity index (χ3v) is 6.76. The zero-order valence-corrected chi connectivity index (χ0v) is 25.1. The number of aliphatic hydroxyl groups excluding tert-OH is 4. The van der Waals surface area contributed by atoms with Gasteiger partial charge >= 0.3 is 34.1 Å². The van der Waals surface area contributed by atoms with Crippen LogP contribution < -0.4 is 0 Å². The van der Waals surface area contributed by atoms with E-state index in [4.69, 9.17) is 30.6 Å². The number of aliphatic hydroxyl groups is 6. The molecule has 0 atom stereocenters. The molecule has 2 saturated carbocycles. The van der Waals surface area contributed by atoms with Crippen molar-refractivity contribution in [3.63, 3.8) is 0 Å². The molecule has 2 aliphatic carbocycles. The topological polar surface area (TPSA) is 128 Å². The van der Waals surface area contributed by atoms with Crippen LogP contribution in [-0.2, 0) is 34.1 Å². The summed E-state index contributed by atoms with van der Waals surface area (Å²) in [6.07, 6.45) is 9.07. The van der Waals surface area contributed by atoms with Gasteiger partial charge in [0.05, 0.1) is 13.2 Å². The van der Waals surface area contributed by atoms with Crippen LogP contribution in [0.1, 0.15) is 91.9 Å². The van der Waals surface area contributed by atoms with Gasteiger partial charge in [-0.05, 0) is 51.9 Å². The predicted molar refractivity (Wildman–Crippen MR) is 139 cm³/mol. The van der Waals surface area contributed by atoms with Gasteiger partial charge in [0.1, 0.15) is 0 Å². The van der Waals surface area contributed by atoms with E-state index >= 15 is 0 Å². The Morgan fingerprint density at radius 1 is 0.528 bits per heavy atom. The molecule has 0 aliphatic heterocycles. The molecule has 0 bridgehead atoms. The van der Waals surface area contributed by atoms with Gasteiger partial charge in [0.15, 0.2) is 12.6 Å². The van der Waals surface area contributed by atoms with Crippen LogP contribution in [0, 0.1) is 11.8 Å². The Labute approximate surface area is 242 Å². The molecule has 2 rings (SSSR count). The minimum absolute atomic E-state index is 0. The third kappa shape index (κ3) is 26.3. The summed E-state index contributed by atoms with van der Waals surface area (Å²) in [5.41, 5.74) is 0. The molecule has 0 saturated heterocycles. The van der Waals surface area contributed by atoms with E-state index in [-0.39, 0.29) is 59.2 Å². The molecule has 10 heteroatoms. The van der Waals surface area contributed by atoms with E-state index in [1.165, 1.54) is 38.5 Å². The molecular formula is C26H58Cu2N2O6+2. The molecule has 2 aliphatic rings. The van der Waals surface area contributed by atoms with Crippen molar-refractivity contribution >= 4 is 0 Å². The van der Waals surface area contributed by atoms with Gasteiger partial charge in [0.2, 0.25) is 0 Å². The van der Waals surface area contributed by atoms with Crippen molar-refractivity contribution in [2.75, 3.05) is 52.5 Å². The third-order valence-electron chi connectivity index (χ3n) is 6.76. The molecule has 0 spiro atoms. The van der Waals surface area contributed by atoms with E-state index in [0.29, 0.717) is 0 Å². The van der Waals surface area contributed by atoms with Gasteiger partial charge in [-0.1, -0.05) is 66.2 Å². The maximum atomic E-state index is 8.73. The van der Waals surface area contributed by atoms with Crippen LogP contribution in [0.15, 0.2) is 0 Å². The second-order valence-corrected chi connectivity index (χ2v) is 9.12. The van der Waals surface area contributed by atoms with Gasteiger partial charge in [0, 0.05) is 24.9 Å². The normalized spacial score (nSPS) is 16.2. The summed E-state index contributed by atoms with van der Waals surface area (Å²) in [4.78, 5) is 4.36. The Kier molecular flexibility index (Phi) is 38.8. The predicted octanol–water partition coefficient (Wildman–Crippen LogP) is 2.39. The first-order valence-electron chi connectivity index (χ1n) is 13.7. The smallest absolute Gasteiger partial charge is 0.395 e. The molecule has 228 valence electrons. The summed E-state index contributed by atoms with van der Waals surface area (Å²) < 4.78 is 0. The average molecular weight is 622 g/mol. The fourth-order valence-electron chi connectivity index (χ4n) is 4.23. The summed E-state index contributed by atoms with van der Waals surface area (Å²) in [7, 11) is 0. The number of likely N-dealkylation sites (N-methyl/N-ethyl adjacent to an activating group) is 2. The van der Waals surface area contributed by atoms with Gasteiger partial charge in [0.25, 0.3) is 0 Å². The summed E-state index contributed by atoms with van der Waals surface area (Å²) in [6.45, 7) is 14.7. The van der Waals surface area contributed by atoms with Gasteiger partial charge in [-0.3, -0.25) is 0 Å². The van der Waals surface area contributed by atoms with E-state index in [0.717, 1.165) is 65.0 Å². The quantitative estimate of drug-likeness (QED) is 0.162. The largest absolute Gasteiger partial charge is 1.00 e. The molecule has 8 nitrogen and oxygen atoms in total. The number of hydrogen-bond donors (Lipinski definition) is 6. The molecule has 0 heterocycles. The van der Waals surface area contributed by atoms with E-state index in [1.807, 2.05) is 0 Å². The van der Waals surface area contributed by atoms with Crippen LogP contribution in [-0.4, -0.2) is 106 Å². The summed E-state index contributed by atoms with van der Waals surface area (Å²) >= 11 is 0. The summed E-state index contributed by atoms with van der Waals surface area (Å²) in [6, 6.07) is 0. The maximum absolute atomic E-state index is 8.73. The molecule has 0 radical (unpaired) electrons. The van der Waals surface area contributed by atoms with Crippen molar-refractivity contribution in [2.45, 2.75) is 104 Å². The minimum atomic E-state index is -1.06. The van der Waals surface area contributed by atoms with Crippen LogP contribution in [0.4, 0.5) is 0 Å². The number of nitrogens with zero attached hydrogens (tertiary/aromatic N) is 2. The van der Waals surface area contributed by atoms with Crippen molar-refractivity contribution < 1.29 is 64.8 Å². The molecule has 0 aromatic heterocycles. The monoisotopic (exact) mass is 620 g/mol. The van der Waals surface area contributed by atoms with E-state index < -0.39 is 12.6 Å². The molecule has 0 aromatic carbocycles. The Hall–Kier alpha value is 0.719. The van der Waals surface area contributed by atoms with Gasteiger partial charge in [-0.15, -0.1) is 0 Å². The molecule has 36 heavy (non-hydrogen) atoms.